The number of ketones is 1. The third-order valence-electron chi connectivity index (χ3n) is 2.38. The zero-order chi connectivity index (χ0) is 16.2. The lowest BCUT2D eigenvalue weighted by Crippen LogP contribution is -2.20. The molecule has 0 bridgehead atoms. The van der Waals surface area contributed by atoms with E-state index in [2.05, 4.69) is 15.9 Å². The van der Waals surface area contributed by atoms with Crippen LogP contribution in [0.1, 0.15) is 17.3 Å². The zero-order valence-electron chi connectivity index (χ0n) is 11.7. The van der Waals surface area contributed by atoms with Crippen molar-refractivity contribution < 1.29 is 23.1 Å². The molecule has 0 aliphatic heterocycles. The molecular weight excluding hydrogens is 348 g/mol. The van der Waals surface area contributed by atoms with E-state index in [1.54, 1.807) is 21.0 Å². The Morgan fingerprint density at radius 2 is 1.90 bits per heavy atom. The van der Waals surface area contributed by atoms with Gasteiger partial charge in [0.15, 0.2) is 0 Å². The molecule has 0 heterocycles. The van der Waals surface area contributed by atoms with Gasteiger partial charge in [0, 0.05) is 20.3 Å². The van der Waals surface area contributed by atoms with Gasteiger partial charge in [0.25, 0.3) is 0 Å². The van der Waals surface area contributed by atoms with Crippen LogP contribution in [0.2, 0.25) is 0 Å². The number of nitrogens with zero attached hydrogens (tertiary/aromatic N) is 1. The van der Waals surface area contributed by atoms with Crippen LogP contribution in [0.5, 0.6) is 0 Å². The van der Waals surface area contributed by atoms with Crippen molar-refractivity contribution in [1.29, 1.82) is 0 Å². The highest BCUT2D eigenvalue weighted by Crippen LogP contribution is 2.22. The van der Waals surface area contributed by atoms with Crippen molar-refractivity contribution in [2.24, 2.45) is 0 Å². The first kappa shape index (κ1) is 17.3. The number of halogens is 3. The molecule has 0 saturated carbocycles. The van der Waals surface area contributed by atoms with Crippen LogP contribution in [-0.2, 0) is 9.53 Å². The fraction of sp³-hybridized carbons (Fsp3) is 0.286. The van der Waals surface area contributed by atoms with E-state index in [0.29, 0.717) is 0 Å². The Morgan fingerprint density at radius 1 is 1.29 bits per heavy atom. The van der Waals surface area contributed by atoms with E-state index in [4.69, 9.17) is 4.74 Å². The van der Waals surface area contributed by atoms with Crippen LogP contribution in [0.15, 0.2) is 28.4 Å². The summed E-state index contributed by atoms with van der Waals surface area (Å²) in [5.74, 6) is -3.56. The van der Waals surface area contributed by atoms with Crippen molar-refractivity contribution in [3.8, 4) is 0 Å². The third kappa shape index (κ3) is 4.35. The molecule has 0 aliphatic rings. The second-order valence-electron chi connectivity index (χ2n) is 4.30. The molecule has 114 valence electrons. The highest BCUT2D eigenvalue weighted by molar-refractivity contribution is 9.10. The predicted octanol–water partition coefficient (Wildman–Crippen LogP) is 2.92. The molecule has 0 aliphatic carbocycles. The molecule has 7 heteroatoms. The largest absolute Gasteiger partial charge is 0.462 e. The number of Topliss-reactive ketones (excluding diaryl/α,β-unsaturated/α-hetero) is 1. The molecule has 0 unspecified atom stereocenters. The minimum absolute atomic E-state index is 0.0636. The molecule has 0 aromatic heterocycles. The molecule has 0 fully saturated rings. The van der Waals surface area contributed by atoms with E-state index >= 15 is 0 Å². The molecule has 0 amide bonds. The summed E-state index contributed by atoms with van der Waals surface area (Å²) < 4.78 is 32.0. The monoisotopic (exact) mass is 361 g/mol. The molecule has 0 saturated heterocycles. The fourth-order valence-corrected chi connectivity index (χ4v) is 1.83. The smallest absolute Gasteiger partial charge is 0.343 e. The van der Waals surface area contributed by atoms with Crippen molar-refractivity contribution in [3.05, 3.63) is 45.6 Å². The van der Waals surface area contributed by atoms with Crippen molar-refractivity contribution in [3.63, 3.8) is 0 Å². The Balaban J connectivity index is 3.30. The number of carbonyl (C=O) groups is 2. The Morgan fingerprint density at radius 3 is 2.43 bits per heavy atom. The van der Waals surface area contributed by atoms with Gasteiger partial charge in [-0.05, 0) is 35.0 Å². The molecule has 0 atom stereocenters. The van der Waals surface area contributed by atoms with Gasteiger partial charge in [0.05, 0.1) is 16.6 Å². The van der Waals surface area contributed by atoms with Gasteiger partial charge in [-0.25, -0.2) is 13.6 Å². The number of benzene rings is 1. The van der Waals surface area contributed by atoms with Gasteiger partial charge >= 0.3 is 5.97 Å². The van der Waals surface area contributed by atoms with Crippen molar-refractivity contribution >= 4 is 27.7 Å². The maximum absolute atomic E-state index is 13.8. The van der Waals surface area contributed by atoms with E-state index in [1.807, 2.05) is 0 Å². The van der Waals surface area contributed by atoms with Crippen LogP contribution < -0.4 is 0 Å². The molecule has 1 rings (SSSR count). The number of hydrogen-bond acceptors (Lipinski definition) is 4. The minimum Gasteiger partial charge on any atom is -0.462 e. The van der Waals surface area contributed by atoms with Gasteiger partial charge < -0.3 is 9.64 Å². The number of ether oxygens (including phenoxy) is 1. The number of esters is 1. The summed E-state index contributed by atoms with van der Waals surface area (Å²) in [5, 5.41) is 0. The van der Waals surface area contributed by atoms with Gasteiger partial charge in [-0.2, -0.15) is 0 Å². The van der Waals surface area contributed by atoms with Gasteiger partial charge in [0.1, 0.15) is 17.2 Å². The van der Waals surface area contributed by atoms with Crippen LogP contribution in [0.3, 0.4) is 0 Å². The Bertz CT molecular complexity index is 600. The second kappa shape index (κ2) is 7.31. The summed E-state index contributed by atoms with van der Waals surface area (Å²) in [6.45, 7) is 1.64. The van der Waals surface area contributed by atoms with E-state index in [9.17, 15) is 18.4 Å². The Hall–Kier alpha value is -1.76. The van der Waals surface area contributed by atoms with Gasteiger partial charge in [-0.3, -0.25) is 4.79 Å². The first-order chi connectivity index (χ1) is 9.77. The summed E-state index contributed by atoms with van der Waals surface area (Å²) in [5.41, 5.74) is -0.903. The number of hydrogen-bond donors (Lipinski definition) is 0. The maximum atomic E-state index is 13.8. The molecule has 0 N–H and O–H groups in total. The van der Waals surface area contributed by atoms with Crippen molar-refractivity contribution in [2.75, 3.05) is 20.7 Å². The molecule has 0 spiro atoms. The van der Waals surface area contributed by atoms with Crippen LogP contribution in [0.4, 0.5) is 8.78 Å². The summed E-state index contributed by atoms with van der Waals surface area (Å²) in [7, 11) is 3.18. The quantitative estimate of drug-likeness (QED) is 0.202. The van der Waals surface area contributed by atoms with Gasteiger partial charge in [0.2, 0.25) is 5.78 Å². The first-order valence-electron chi connectivity index (χ1n) is 6.02. The lowest BCUT2D eigenvalue weighted by atomic mass is 10.0. The first-order valence-corrected chi connectivity index (χ1v) is 6.81. The maximum Gasteiger partial charge on any atom is 0.343 e. The summed E-state index contributed by atoms with van der Waals surface area (Å²) >= 11 is 2.82. The van der Waals surface area contributed by atoms with E-state index in [0.717, 1.165) is 12.1 Å². The highest BCUT2D eigenvalue weighted by Gasteiger charge is 2.25. The van der Waals surface area contributed by atoms with Crippen LogP contribution in [0.25, 0.3) is 0 Å². The molecule has 21 heavy (non-hydrogen) atoms. The highest BCUT2D eigenvalue weighted by atomic mass is 79.9. The van der Waals surface area contributed by atoms with Gasteiger partial charge in [-0.1, -0.05) is 0 Å². The molecule has 4 nitrogen and oxygen atoms in total. The minimum atomic E-state index is -0.939. The SMILES string of the molecule is CCOC(=O)C(=CN(C)C)C(=O)c1cc(F)c(Br)cc1F. The van der Waals surface area contributed by atoms with E-state index in [-0.39, 0.29) is 16.7 Å². The fourth-order valence-electron chi connectivity index (χ4n) is 1.51. The second-order valence-corrected chi connectivity index (χ2v) is 5.16. The number of rotatable bonds is 5. The molecule has 0 radical (unpaired) electrons. The predicted molar refractivity (Wildman–Crippen MR) is 76.8 cm³/mol. The van der Waals surface area contributed by atoms with E-state index in [1.165, 1.54) is 11.1 Å². The van der Waals surface area contributed by atoms with Crippen LogP contribution in [0, 0.1) is 11.6 Å². The lowest BCUT2D eigenvalue weighted by molar-refractivity contribution is -0.138. The summed E-state index contributed by atoms with van der Waals surface area (Å²) in [6.07, 6.45) is 1.21. The molecule has 1 aromatic rings. The van der Waals surface area contributed by atoms with Gasteiger partial charge in [-0.15, -0.1) is 0 Å². The summed E-state index contributed by atoms with van der Waals surface area (Å²) in [6, 6.07) is 1.57. The average Bonchev–Trinajstić information content (AvgIpc) is 2.39. The van der Waals surface area contributed by atoms with Crippen LogP contribution in [-0.4, -0.2) is 37.4 Å². The van der Waals surface area contributed by atoms with Crippen molar-refractivity contribution in [1.82, 2.24) is 4.90 Å². The topological polar surface area (TPSA) is 46.6 Å². The number of carbonyl (C=O) groups excluding carboxylic acids is 2. The Labute approximate surface area is 129 Å². The van der Waals surface area contributed by atoms with Crippen LogP contribution >= 0.6 is 15.9 Å². The van der Waals surface area contributed by atoms with Crippen molar-refractivity contribution in [2.45, 2.75) is 6.92 Å². The standard InChI is InChI=1S/C14H14BrF2NO3/c1-4-21-14(20)9(7-18(2)3)13(19)8-5-12(17)10(15)6-11(8)16/h5-7H,4H2,1-3H3. The molecular formula is C14H14BrF2NO3. The third-order valence-corrected chi connectivity index (χ3v) is 2.99. The summed E-state index contributed by atoms with van der Waals surface area (Å²) in [4.78, 5) is 25.5. The zero-order valence-corrected chi connectivity index (χ0v) is 13.3. The molecule has 1 aromatic carbocycles. The average molecular weight is 362 g/mol. The Kier molecular flexibility index (Phi) is 6.02. The van der Waals surface area contributed by atoms with E-state index < -0.39 is 29.0 Å². The normalized spacial score (nSPS) is 11.2. The lowest BCUT2D eigenvalue weighted by Gasteiger charge is -2.11.